The van der Waals surface area contributed by atoms with Crippen LogP contribution < -0.4 is 16.4 Å². The van der Waals surface area contributed by atoms with Crippen molar-refractivity contribution in [2.75, 3.05) is 32.7 Å². The second kappa shape index (κ2) is 9.44. The van der Waals surface area contributed by atoms with E-state index in [9.17, 15) is 24.0 Å². The fourth-order valence-corrected chi connectivity index (χ4v) is 1.14. The average Bonchev–Trinajstić information content (AvgIpc) is 2.40. The van der Waals surface area contributed by atoms with E-state index in [0.29, 0.717) is 6.29 Å². The van der Waals surface area contributed by atoms with Gasteiger partial charge in [0.25, 0.3) is 0 Å². The van der Waals surface area contributed by atoms with Crippen LogP contribution in [0.5, 0.6) is 0 Å². The topological polar surface area (TPSA) is 159 Å². The summed E-state index contributed by atoms with van der Waals surface area (Å²) in [6, 6.07) is 0. The third kappa shape index (κ3) is 7.76. The first-order valence-electron chi connectivity index (χ1n) is 5.57. The molecule has 0 saturated heterocycles. The minimum atomic E-state index is -1.31. The Morgan fingerprint density at radius 1 is 1.10 bits per heavy atom. The molecule has 0 unspecified atom stereocenters. The number of carbonyl (C=O) groups excluding carboxylic acids is 4. The van der Waals surface area contributed by atoms with Crippen LogP contribution in [-0.4, -0.2) is 72.7 Å². The lowest BCUT2D eigenvalue weighted by Crippen LogP contribution is -2.47. The molecule has 0 atom stereocenters. The number of nitrogens with zero attached hydrogens (tertiary/aromatic N) is 1. The van der Waals surface area contributed by atoms with Crippen LogP contribution in [0, 0.1) is 0 Å². The molecule has 0 saturated carbocycles. The number of amides is 3. The van der Waals surface area contributed by atoms with Crippen molar-refractivity contribution in [3.8, 4) is 0 Å². The Bertz CT molecular complexity index is 397. The monoisotopic (exact) mass is 288 g/mol. The molecule has 0 heterocycles. The molecule has 0 aromatic carbocycles. The molecule has 112 valence electrons. The van der Waals surface area contributed by atoms with Gasteiger partial charge in [0.05, 0.1) is 19.6 Å². The van der Waals surface area contributed by atoms with Gasteiger partial charge in [-0.25, -0.2) is 0 Å². The molecule has 0 aromatic heterocycles. The molecule has 0 fully saturated rings. The molecule has 0 bridgehead atoms. The summed E-state index contributed by atoms with van der Waals surface area (Å²) in [6.07, 6.45) is 0.447. The molecule has 10 nitrogen and oxygen atoms in total. The Kier molecular flexibility index (Phi) is 8.27. The number of nitrogens with one attached hydrogen (secondary N) is 2. The average molecular weight is 288 g/mol. The lowest BCUT2D eigenvalue weighted by atomic mass is 10.4. The number of aliphatic carboxylic acids is 1. The van der Waals surface area contributed by atoms with Gasteiger partial charge in [0.1, 0.15) is 19.4 Å². The van der Waals surface area contributed by atoms with E-state index in [1.54, 1.807) is 0 Å². The fourth-order valence-electron chi connectivity index (χ4n) is 1.14. The Balaban J connectivity index is 4.49. The first kappa shape index (κ1) is 17.5. The van der Waals surface area contributed by atoms with Gasteiger partial charge in [0, 0.05) is 0 Å². The maximum Gasteiger partial charge on any atom is 0.323 e. The Labute approximate surface area is 114 Å². The molecule has 5 N–H and O–H groups in total. The smallest absolute Gasteiger partial charge is 0.323 e. The third-order valence-electron chi connectivity index (χ3n) is 2.02. The van der Waals surface area contributed by atoms with Crippen LogP contribution in [0.2, 0.25) is 0 Å². The molecule has 0 aliphatic rings. The van der Waals surface area contributed by atoms with Crippen LogP contribution in [0.3, 0.4) is 0 Å². The molecule has 0 rings (SSSR count). The minimum absolute atomic E-state index is 0.238. The quantitative estimate of drug-likeness (QED) is 0.317. The van der Waals surface area contributed by atoms with Gasteiger partial charge < -0.3 is 31.2 Å². The lowest BCUT2D eigenvalue weighted by molar-refractivity contribution is -0.145. The van der Waals surface area contributed by atoms with Crippen LogP contribution in [0.15, 0.2) is 0 Å². The number of rotatable bonds is 9. The number of hydrogen-bond acceptors (Lipinski definition) is 6. The van der Waals surface area contributed by atoms with E-state index in [4.69, 9.17) is 10.8 Å². The van der Waals surface area contributed by atoms with Crippen molar-refractivity contribution < 1.29 is 29.1 Å². The van der Waals surface area contributed by atoms with Gasteiger partial charge in [0.15, 0.2) is 0 Å². The minimum Gasteiger partial charge on any atom is -0.480 e. The first-order valence-corrected chi connectivity index (χ1v) is 5.57. The highest BCUT2D eigenvalue weighted by Gasteiger charge is 2.20. The summed E-state index contributed by atoms with van der Waals surface area (Å²) in [4.78, 5) is 55.3. The molecule has 10 heteroatoms. The molecular weight excluding hydrogens is 272 g/mol. The zero-order valence-corrected chi connectivity index (χ0v) is 10.6. The number of carboxylic acids is 1. The zero-order chi connectivity index (χ0) is 15.5. The van der Waals surface area contributed by atoms with E-state index >= 15 is 0 Å². The summed E-state index contributed by atoms with van der Waals surface area (Å²) in [5.74, 6) is -3.34. The van der Waals surface area contributed by atoms with Crippen molar-refractivity contribution in [2.45, 2.75) is 0 Å². The van der Waals surface area contributed by atoms with E-state index in [2.05, 4.69) is 10.6 Å². The number of carbonyl (C=O) groups is 5. The molecule has 0 aliphatic carbocycles. The number of aldehydes is 1. The largest absolute Gasteiger partial charge is 0.480 e. The maximum absolute atomic E-state index is 11.7. The van der Waals surface area contributed by atoms with Crippen LogP contribution >= 0.6 is 0 Å². The van der Waals surface area contributed by atoms with Crippen LogP contribution in [0.25, 0.3) is 0 Å². The van der Waals surface area contributed by atoms with Crippen molar-refractivity contribution in [3.05, 3.63) is 0 Å². The van der Waals surface area contributed by atoms with Gasteiger partial charge in [-0.1, -0.05) is 0 Å². The van der Waals surface area contributed by atoms with Gasteiger partial charge in [-0.3, -0.25) is 19.2 Å². The van der Waals surface area contributed by atoms with Crippen LogP contribution in [0.1, 0.15) is 0 Å². The van der Waals surface area contributed by atoms with Crippen molar-refractivity contribution >= 4 is 30.0 Å². The predicted molar refractivity (Wildman–Crippen MR) is 65.4 cm³/mol. The highest BCUT2D eigenvalue weighted by Crippen LogP contribution is 1.90. The van der Waals surface area contributed by atoms with Crippen molar-refractivity contribution in [1.82, 2.24) is 15.5 Å². The molecule has 20 heavy (non-hydrogen) atoms. The second-order valence-corrected chi connectivity index (χ2v) is 3.60. The number of hydrogen-bond donors (Lipinski definition) is 4. The van der Waals surface area contributed by atoms with Crippen LogP contribution in [0.4, 0.5) is 0 Å². The summed E-state index contributed by atoms with van der Waals surface area (Å²) < 4.78 is 0. The SMILES string of the molecule is NCC(=O)NCC(=O)N(CC(=O)O)CC(=O)NCC=O. The Hall–Kier alpha value is -2.49. The standard InChI is InChI=1S/C10H16N4O6/c11-3-7(16)13-4-9(18)14(6-10(19)20)5-8(17)12-1-2-15/h2H,1,3-6,11H2,(H,12,17)(H,13,16)(H,19,20). The predicted octanol–water partition coefficient (Wildman–Crippen LogP) is -3.71. The first-order chi connectivity index (χ1) is 9.40. The van der Waals surface area contributed by atoms with Crippen LogP contribution in [-0.2, 0) is 24.0 Å². The normalized spacial score (nSPS) is 9.45. The van der Waals surface area contributed by atoms with Gasteiger partial charge in [0.2, 0.25) is 17.7 Å². The van der Waals surface area contributed by atoms with Gasteiger partial charge in [-0.2, -0.15) is 0 Å². The molecule has 0 aromatic rings. The van der Waals surface area contributed by atoms with Crippen molar-refractivity contribution in [2.24, 2.45) is 5.73 Å². The summed E-state index contributed by atoms with van der Waals surface area (Å²) in [7, 11) is 0. The highest BCUT2D eigenvalue weighted by molar-refractivity contribution is 5.90. The molecule has 0 spiro atoms. The summed E-state index contributed by atoms with van der Waals surface area (Å²) in [5.41, 5.74) is 5.02. The van der Waals surface area contributed by atoms with E-state index < -0.39 is 43.3 Å². The van der Waals surface area contributed by atoms with Gasteiger partial charge in [-0.05, 0) is 0 Å². The fraction of sp³-hybridized carbons (Fsp3) is 0.500. The second-order valence-electron chi connectivity index (χ2n) is 3.60. The Morgan fingerprint density at radius 2 is 1.75 bits per heavy atom. The molecule has 0 aliphatic heterocycles. The van der Waals surface area contributed by atoms with Crippen molar-refractivity contribution in [3.63, 3.8) is 0 Å². The van der Waals surface area contributed by atoms with Gasteiger partial charge in [-0.15, -0.1) is 0 Å². The van der Waals surface area contributed by atoms with Gasteiger partial charge >= 0.3 is 5.97 Å². The zero-order valence-electron chi connectivity index (χ0n) is 10.6. The summed E-state index contributed by atoms with van der Waals surface area (Å²) in [5, 5.41) is 13.0. The molecular formula is C10H16N4O6. The maximum atomic E-state index is 11.7. The third-order valence-corrected chi connectivity index (χ3v) is 2.02. The lowest BCUT2D eigenvalue weighted by Gasteiger charge is -2.20. The van der Waals surface area contributed by atoms with E-state index in [0.717, 1.165) is 4.90 Å². The molecule has 3 amide bonds. The summed E-state index contributed by atoms with van der Waals surface area (Å²) in [6.45, 7) is -2.25. The highest BCUT2D eigenvalue weighted by atomic mass is 16.4. The molecule has 0 radical (unpaired) electrons. The summed E-state index contributed by atoms with van der Waals surface area (Å²) >= 11 is 0. The number of carboxylic acid groups (broad SMARTS) is 1. The Morgan fingerprint density at radius 3 is 2.25 bits per heavy atom. The number of nitrogens with two attached hydrogens (primary N) is 1. The van der Waals surface area contributed by atoms with E-state index in [1.165, 1.54) is 0 Å². The van der Waals surface area contributed by atoms with E-state index in [-0.39, 0.29) is 13.1 Å². The van der Waals surface area contributed by atoms with E-state index in [1.807, 2.05) is 0 Å². The van der Waals surface area contributed by atoms with Crippen molar-refractivity contribution in [1.29, 1.82) is 0 Å².